The van der Waals surface area contributed by atoms with Gasteiger partial charge in [-0.1, -0.05) is 0 Å². The quantitative estimate of drug-likeness (QED) is 0.387. The summed E-state index contributed by atoms with van der Waals surface area (Å²) < 4.78 is 37.6. The van der Waals surface area contributed by atoms with Gasteiger partial charge in [0.25, 0.3) is 10.1 Å². The Morgan fingerprint density at radius 3 is 2.12 bits per heavy atom. The summed E-state index contributed by atoms with van der Waals surface area (Å²) >= 11 is 0. The molecule has 0 amide bonds. The van der Waals surface area contributed by atoms with Crippen LogP contribution >= 0.6 is 0 Å². The fraction of sp³-hybridized carbons (Fsp3) is 0.500. The van der Waals surface area contributed by atoms with E-state index in [1.807, 2.05) is 0 Å². The van der Waals surface area contributed by atoms with Gasteiger partial charge < -0.3 is 9.47 Å². The Labute approximate surface area is 92.8 Å². The van der Waals surface area contributed by atoms with E-state index < -0.39 is 34.4 Å². The molecule has 0 aromatic heterocycles. The lowest BCUT2D eigenvalue weighted by Gasteiger charge is -1.99. The average molecular weight is 252 g/mol. The number of hydrogen-bond donors (Lipinski definition) is 1. The van der Waals surface area contributed by atoms with Crippen LogP contribution in [0.25, 0.3) is 0 Å². The molecule has 0 bridgehead atoms. The van der Waals surface area contributed by atoms with E-state index in [4.69, 9.17) is 4.55 Å². The molecule has 0 spiro atoms. The van der Waals surface area contributed by atoms with Gasteiger partial charge in [-0.15, -0.1) is 0 Å². The van der Waals surface area contributed by atoms with Crippen molar-refractivity contribution in [1.82, 2.24) is 0 Å². The number of esters is 2. The average Bonchev–Trinajstić information content (AvgIpc) is 2.13. The van der Waals surface area contributed by atoms with E-state index in [1.165, 1.54) is 0 Å². The Hall–Kier alpha value is -1.41. The summed E-state index contributed by atoms with van der Waals surface area (Å²) in [6.07, 6.45) is 1.67. The van der Waals surface area contributed by atoms with Gasteiger partial charge in [0.1, 0.15) is 12.4 Å². The van der Waals surface area contributed by atoms with E-state index in [0.29, 0.717) is 0 Å². The first-order chi connectivity index (χ1) is 7.35. The molecule has 0 rings (SSSR count). The van der Waals surface area contributed by atoms with Gasteiger partial charge in [-0.25, -0.2) is 9.59 Å². The summed E-state index contributed by atoms with van der Waals surface area (Å²) in [7, 11) is -4.15. The fourth-order valence-electron chi connectivity index (χ4n) is 0.622. The van der Waals surface area contributed by atoms with Crippen molar-refractivity contribution in [2.75, 3.05) is 19.0 Å². The maximum absolute atomic E-state index is 10.8. The highest BCUT2D eigenvalue weighted by Crippen LogP contribution is 1.88. The lowest BCUT2D eigenvalue weighted by atomic mass is 10.5. The standard InChI is InChI=1S/C8H12O7S/c1-2-14-7(9)3-4-8(10)15-5-6-16(11,12)13/h3-4H,2,5-6H2,1H3,(H,11,12,13). The van der Waals surface area contributed by atoms with Gasteiger partial charge in [-0.3, -0.25) is 4.55 Å². The van der Waals surface area contributed by atoms with Crippen molar-refractivity contribution in [2.45, 2.75) is 6.92 Å². The highest BCUT2D eigenvalue weighted by Gasteiger charge is 2.06. The Bertz CT molecular complexity index is 368. The number of rotatable bonds is 6. The molecule has 0 atom stereocenters. The van der Waals surface area contributed by atoms with Gasteiger partial charge in [0, 0.05) is 12.2 Å². The second-order valence-corrected chi connectivity index (χ2v) is 4.11. The van der Waals surface area contributed by atoms with Gasteiger partial charge in [0.15, 0.2) is 0 Å². The Morgan fingerprint density at radius 1 is 1.19 bits per heavy atom. The molecule has 8 heteroatoms. The Kier molecular flexibility index (Phi) is 6.35. The van der Waals surface area contributed by atoms with Gasteiger partial charge in [0.05, 0.1) is 6.61 Å². The first-order valence-electron chi connectivity index (χ1n) is 4.32. The Morgan fingerprint density at radius 2 is 1.69 bits per heavy atom. The third-order valence-electron chi connectivity index (χ3n) is 1.23. The van der Waals surface area contributed by atoms with Crippen LogP contribution in [-0.4, -0.2) is 43.9 Å². The minimum Gasteiger partial charge on any atom is -0.463 e. The highest BCUT2D eigenvalue weighted by molar-refractivity contribution is 7.85. The normalized spacial score (nSPS) is 11.4. The van der Waals surface area contributed by atoms with Crippen LogP contribution in [0.1, 0.15) is 6.92 Å². The third kappa shape index (κ3) is 9.16. The first kappa shape index (κ1) is 14.6. The van der Waals surface area contributed by atoms with Gasteiger partial charge in [-0.2, -0.15) is 8.42 Å². The molecule has 16 heavy (non-hydrogen) atoms. The maximum atomic E-state index is 10.8. The van der Waals surface area contributed by atoms with E-state index in [2.05, 4.69) is 9.47 Å². The van der Waals surface area contributed by atoms with Crippen LogP contribution in [0.2, 0.25) is 0 Å². The molecule has 0 heterocycles. The van der Waals surface area contributed by atoms with Crippen molar-refractivity contribution in [3.8, 4) is 0 Å². The van der Waals surface area contributed by atoms with Gasteiger partial charge in [0.2, 0.25) is 0 Å². The second kappa shape index (κ2) is 6.96. The molecule has 0 aromatic carbocycles. The van der Waals surface area contributed by atoms with Crippen molar-refractivity contribution < 1.29 is 32.0 Å². The fourth-order valence-corrected chi connectivity index (χ4v) is 0.916. The lowest BCUT2D eigenvalue weighted by Crippen LogP contribution is -2.13. The zero-order valence-electron chi connectivity index (χ0n) is 8.58. The number of ether oxygens (including phenoxy) is 2. The number of carbonyl (C=O) groups is 2. The largest absolute Gasteiger partial charge is 0.463 e. The highest BCUT2D eigenvalue weighted by atomic mass is 32.2. The third-order valence-corrected chi connectivity index (χ3v) is 1.91. The van der Waals surface area contributed by atoms with Crippen LogP contribution in [-0.2, 0) is 29.2 Å². The molecular weight excluding hydrogens is 240 g/mol. The van der Waals surface area contributed by atoms with Crippen LogP contribution < -0.4 is 0 Å². The van der Waals surface area contributed by atoms with Gasteiger partial charge >= 0.3 is 11.9 Å². The van der Waals surface area contributed by atoms with Crippen molar-refractivity contribution in [2.24, 2.45) is 0 Å². The first-order valence-corrected chi connectivity index (χ1v) is 5.93. The van der Waals surface area contributed by atoms with E-state index in [-0.39, 0.29) is 6.61 Å². The Balaban J connectivity index is 3.87. The zero-order chi connectivity index (χ0) is 12.6. The molecule has 0 aromatic rings. The number of carbonyl (C=O) groups excluding carboxylic acids is 2. The molecule has 0 unspecified atom stereocenters. The summed E-state index contributed by atoms with van der Waals surface area (Å²) in [5.74, 6) is -2.28. The topological polar surface area (TPSA) is 107 Å². The van der Waals surface area contributed by atoms with E-state index in [0.717, 1.165) is 12.2 Å². The minimum atomic E-state index is -4.15. The van der Waals surface area contributed by atoms with E-state index in [9.17, 15) is 18.0 Å². The van der Waals surface area contributed by atoms with Gasteiger partial charge in [-0.05, 0) is 6.92 Å². The molecule has 0 saturated carbocycles. The molecule has 1 N–H and O–H groups in total. The molecule has 0 radical (unpaired) electrons. The smallest absolute Gasteiger partial charge is 0.331 e. The predicted molar refractivity (Wildman–Crippen MR) is 53.1 cm³/mol. The predicted octanol–water partition coefficient (Wildman–Crippen LogP) is -0.463. The monoisotopic (exact) mass is 252 g/mol. The van der Waals surface area contributed by atoms with E-state index in [1.54, 1.807) is 6.92 Å². The minimum absolute atomic E-state index is 0.182. The molecule has 0 saturated heterocycles. The second-order valence-electron chi connectivity index (χ2n) is 2.54. The molecule has 0 fully saturated rings. The molecule has 0 aliphatic rings. The van der Waals surface area contributed by atoms with Crippen LogP contribution in [0.4, 0.5) is 0 Å². The summed E-state index contributed by atoms with van der Waals surface area (Å²) in [6, 6.07) is 0. The van der Waals surface area contributed by atoms with E-state index >= 15 is 0 Å². The van der Waals surface area contributed by atoms with Crippen LogP contribution in [0.15, 0.2) is 12.2 Å². The SMILES string of the molecule is CCOC(=O)C=CC(=O)OCCS(=O)(=O)O. The summed E-state index contributed by atoms with van der Waals surface area (Å²) in [6.45, 7) is 1.31. The molecule has 0 aliphatic heterocycles. The lowest BCUT2D eigenvalue weighted by molar-refractivity contribution is -0.139. The van der Waals surface area contributed by atoms with Crippen molar-refractivity contribution in [1.29, 1.82) is 0 Å². The van der Waals surface area contributed by atoms with Crippen molar-refractivity contribution in [3.05, 3.63) is 12.2 Å². The molecule has 7 nitrogen and oxygen atoms in total. The van der Waals surface area contributed by atoms with Crippen molar-refractivity contribution >= 4 is 22.1 Å². The molecule has 0 aliphatic carbocycles. The van der Waals surface area contributed by atoms with Crippen LogP contribution in [0.5, 0.6) is 0 Å². The van der Waals surface area contributed by atoms with Crippen LogP contribution in [0, 0.1) is 0 Å². The maximum Gasteiger partial charge on any atom is 0.331 e. The molecular formula is C8H12O7S. The summed E-state index contributed by atoms with van der Waals surface area (Å²) in [5, 5.41) is 0. The molecule has 92 valence electrons. The van der Waals surface area contributed by atoms with Crippen LogP contribution in [0.3, 0.4) is 0 Å². The summed E-state index contributed by atoms with van der Waals surface area (Å²) in [5.41, 5.74) is 0. The summed E-state index contributed by atoms with van der Waals surface area (Å²) in [4.78, 5) is 21.6. The number of hydrogen-bond acceptors (Lipinski definition) is 6. The zero-order valence-corrected chi connectivity index (χ0v) is 9.40. The van der Waals surface area contributed by atoms with Crippen molar-refractivity contribution in [3.63, 3.8) is 0 Å².